The average molecular weight is 231 g/mol. The molecule has 0 radical (unpaired) electrons. The Morgan fingerprint density at radius 3 is 2.69 bits per heavy atom. The largest absolute Gasteiger partial charge is 0.497 e. The number of methoxy groups -OCH3 is 1. The van der Waals surface area contributed by atoms with Crippen LogP contribution in [0.5, 0.6) is 11.5 Å². The van der Waals surface area contributed by atoms with E-state index in [0.717, 1.165) is 6.54 Å². The zero-order chi connectivity index (χ0) is 12.0. The number of hydrogen-bond donors (Lipinski definition) is 1. The van der Waals surface area contributed by atoms with E-state index in [1.54, 1.807) is 12.1 Å². The maximum atomic E-state index is 12.2. The van der Waals surface area contributed by atoms with Crippen LogP contribution in [-0.2, 0) is 6.54 Å². The van der Waals surface area contributed by atoms with Gasteiger partial charge in [-0.15, -0.1) is 0 Å². The normalized spacial score (nSPS) is 10.6. The van der Waals surface area contributed by atoms with Crippen molar-refractivity contribution in [3.8, 4) is 11.5 Å². The molecule has 0 aliphatic carbocycles. The fourth-order valence-electron chi connectivity index (χ4n) is 1.27. The summed E-state index contributed by atoms with van der Waals surface area (Å²) in [6, 6.07) is 4.88. The van der Waals surface area contributed by atoms with Crippen molar-refractivity contribution in [1.29, 1.82) is 0 Å². The minimum Gasteiger partial charge on any atom is -0.497 e. The van der Waals surface area contributed by atoms with Gasteiger partial charge in [-0.2, -0.15) is 8.78 Å². The molecule has 0 bridgehead atoms. The molecule has 16 heavy (non-hydrogen) atoms. The van der Waals surface area contributed by atoms with Crippen LogP contribution in [-0.4, -0.2) is 20.3 Å². The van der Waals surface area contributed by atoms with Crippen LogP contribution in [0.15, 0.2) is 18.2 Å². The molecule has 1 aromatic rings. The van der Waals surface area contributed by atoms with Crippen LogP contribution in [0.1, 0.15) is 12.5 Å². The number of nitrogens with one attached hydrogen (secondary N) is 1. The van der Waals surface area contributed by atoms with Crippen LogP contribution in [0, 0.1) is 0 Å². The van der Waals surface area contributed by atoms with E-state index < -0.39 is 6.61 Å². The lowest BCUT2D eigenvalue weighted by atomic mass is 10.2. The van der Waals surface area contributed by atoms with Crippen LogP contribution in [0.25, 0.3) is 0 Å². The molecule has 1 rings (SSSR count). The second-order valence-corrected chi connectivity index (χ2v) is 3.13. The summed E-state index contributed by atoms with van der Waals surface area (Å²) in [4.78, 5) is 0. The van der Waals surface area contributed by atoms with Gasteiger partial charge < -0.3 is 14.8 Å². The molecule has 1 N–H and O–H groups in total. The van der Waals surface area contributed by atoms with E-state index in [1.165, 1.54) is 13.2 Å². The first-order valence-electron chi connectivity index (χ1n) is 4.99. The van der Waals surface area contributed by atoms with Crippen LogP contribution < -0.4 is 14.8 Å². The Morgan fingerprint density at radius 2 is 2.12 bits per heavy atom. The standard InChI is InChI=1S/C11H15F2NO2/c1-3-14-7-8-4-5-9(15-2)6-10(8)16-11(12)13/h4-6,11,14H,3,7H2,1-2H3. The number of benzene rings is 1. The molecular formula is C11H15F2NO2. The second kappa shape index (κ2) is 6.27. The van der Waals surface area contributed by atoms with Gasteiger partial charge in [-0.3, -0.25) is 0 Å². The van der Waals surface area contributed by atoms with Gasteiger partial charge in [0.25, 0.3) is 0 Å². The summed E-state index contributed by atoms with van der Waals surface area (Å²) in [7, 11) is 1.48. The molecule has 0 saturated heterocycles. The predicted molar refractivity (Wildman–Crippen MR) is 57.0 cm³/mol. The van der Waals surface area contributed by atoms with E-state index in [2.05, 4.69) is 10.1 Å². The van der Waals surface area contributed by atoms with E-state index in [1.807, 2.05) is 6.92 Å². The lowest BCUT2D eigenvalue weighted by molar-refractivity contribution is -0.0505. The highest BCUT2D eigenvalue weighted by atomic mass is 19.3. The number of ether oxygens (including phenoxy) is 2. The van der Waals surface area contributed by atoms with Gasteiger partial charge >= 0.3 is 6.61 Å². The third-order valence-corrected chi connectivity index (χ3v) is 2.06. The molecule has 0 aromatic heterocycles. The Hall–Kier alpha value is -1.36. The fourth-order valence-corrected chi connectivity index (χ4v) is 1.27. The van der Waals surface area contributed by atoms with E-state index in [0.29, 0.717) is 17.9 Å². The molecule has 0 saturated carbocycles. The molecule has 0 fully saturated rings. The predicted octanol–water partition coefficient (Wildman–Crippen LogP) is 2.41. The highest BCUT2D eigenvalue weighted by molar-refractivity contribution is 5.40. The van der Waals surface area contributed by atoms with E-state index in [-0.39, 0.29) is 5.75 Å². The first kappa shape index (κ1) is 12.7. The topological polar surface area (TPSA) is 30.5 Å². The SMILES string of the molecule is CCNCc1ccc(OC)cc1OC(F)F. The molecule has 0 unspecified atom stereocenters. The van der Waals surface area contributed by atoms with Crippen LogP contribution in [0.2, 0.25) is 0 Å². The molecule has 3 nitrogen and oxygen atoms in total. The highest BCUT2D eigenvalue weighted by Gasteiger charge is 2.10. The van der Waals surface area contributed by atoms with Crippen molar-refractivity contribution >= 4 is 0 Å². The lowest BCUT2D eigenvalue weighted by Crippen LogP contribution is -2.14. The summed E-state index contributed by atoms with van der Waals surface area (Å²) in [5.74, 6) is 0.645. The van der Waals surface area contributed by atoms with E-state index in [4.69, 9.17) is 4.74 Å². The Bertz CT molecular complexity index is 332. The van der Waals surface area contributed by atoms with Crippen LogP contribution in [0.4, 0.5) is 8.78 Å². The maximum absolute atomic E-state index is 12.2. The zero-order valence-electron chi connectivity index (χ0n) is 9.30. The third kappa shape index (κ3) is 3.66. The van der Waals surface area contributed by atoms with Gasteiger partial charge in [0, 0.05) is 18.2 Å². The minimum absolute atomic E-state index is 0.148. The highest BCUT2D eigenvalue weighted by Crippen LogP contribution is 2.26. The van der Waals surface area contributed by atoms with Crippen molar-refractivity contribution in [2.75, 3.05) is 13.7 Å². The number of rotatable bonds is 6. The summed E-state index contributed by atoms with van der Waals surface area (Å²) in [6.45, 7) is 0.368. The van der Waals surface area contributed by atoms with Gasteiger partial charge in [-0.1, -0.05) is 13.0 Å². The summed E-state index contributed by atoms with van der Waals surface area (Å²) >= 11 is 0. The van der Waals surface area contributed by atoms with Gasteiger partial charge in [0.1, 0.15) is 11.5 Å². The average Bonchev–Trinajstić information content (AvgIpc) is 2.26. The molecular weight excluding hydrogens is 216 g/mol. The van der Waals surface area contributed by atoms with Crippen LogP contribution in [0.3, 0.4) is 0 Å². The Morgan fingerprint density at radius 1 is 1.38 bits per heavy atom. The molecule has 0 spiro atoms. The molecule has 90 valence electrons. The number of halogens is 2. The summed E-state index contributed by atoms with van der Waals surface area (Å²) in [5.41, 5.74) is 0.683. The first-order valence-corrected chi connectivity index (χ1v) is 4.99. The van der Waals surface area contributed by atoms with Gasteiger partial charge in [-0.05, 0) is 12.6 Å². The fraction of sp³-hybridized carbons (Fsp3) is 0.455. The number of hydrogen-bond acceptors (Lipinski definition) is 3. The minimum atomic E-state index is -2.83. The molecule has 1 aromatic carbocycles. The summed E-state index contributed by atoms with van der Waals surface area (Å²) in [5, 5.41) is 3.05. The van der Waals surface area contributed by atoms with Gasteiger partial charge in [-0.25, -0.2) is 0 Å². The monoisotopic (exact) mass is 231 g/mol. The number of alkyl halides is 2. The van der Waals surface area contributed by atoms with Gasteiger partial charge in [0.2, 0.25) is 0 Å². The maximum Gasteiger partial charge on any atom is 0.387 e. The van der Waals surface area contributed by atoms with Crippen molar-refractivity contribution in [3.63, 3.8) is 0 Å². The Balaban J connectivity index is 2.87. The molecule has 0 amide bonds. The molecule has 5 heteroatoms. The van der Waals surface area contributed by atoms with Crippen molar-refractivity contribution in [3.05, 3.63) is 23.8 Å². The quantitative estimate of drug-likeness (QED) is 0.815. The van der Waals surface area contributed by atoms with Crippen molar-refractivity contribution < 1.29 is 18.3 Å². The van der Waals surface area contributed by atoms with Crippen molar-refractivity contribution in [1.82, 2.24) is 5.32 Å². The third-order valence-electron chi connectivity index (χ3n) is 2.06. The Labute approximate surface area is 93.4 Å². The summed E-state index contributed by atoms with van der Waals surface area (Å²) in [6.07, 6.45) is 0. The molecule has 0 atom stereocenters. The zero-order valence-corrected chi connectivity index (χ0v) is 9.30. The summed E-state index contributed by atoms with van der Waals surface area (Å²) < 4.78 is 33.7. The Kier molecular flexibility index (Phi) is 4.98. The molecule has 0 heterocycles. The van der Waals surface area contributed by atoms with Gasteiger partial charge in [0.05, 0.1) is 7.11 Å². The smallest absolute Gasteiger partial charge is 0.387 e. The van der Waals surface area contributed by atoms with E-state index in [9.17, 15) is 8.78 Å². The van der Waals surface area contributed by atoms with Gasteiger partial charge in [0.15, 0.2) is 0 Å². The molecule has 0 aliphatic rings. The van der Waals surface area contributed by atoms with Crippen LogP contribution >= 0.6 is 0 Å². The van der Waals surface area contributed by atoms with E-state index >= 15 is 0 Å². The second-order valence-electron chi connectivity index (χ2n) is 3.13. The van der Waals surface area contributed by atoms with Crippen molar-refractivity contribution in [2.24, 2.45) is 0 Å². The first-order chi connectivity index (χ1) is 7.67. The van der Waals surface area contributed by atoms with Crippen molar-refractivity contribution in [2.45, 2.75) is 20.1 Å². The molecule has 0 aliphatic heterocycles. The lowest BCUT2D eigenvalue weighted by Gasteiger charge is -2.12.